The minimum atomic E-state index is 0.241. The van der Waals surface area contributed by atoms with E-state index in [4.69, 9.17) is 16.6 Å². The molecular formula is C24H19N5S. The normalized spacial score (nSPS) is 11.8. The topological polar surface area (TPSA) is 89.3 Å². The summed E-state index contributed by atoms with van der Waals surface area (Å²) in [7, 11) is 0. The molecule has 0 atom stereocenters. The van der Waals surface area contributed by atoms with Crippen molar-refractivity contribution in [3.63, 3.8) is 0 Å². The molecule has 0 fully saturated rings. The van der Waals surface area contributed by atoms with Crippen LogP contribution in [0.5, 0.6) is 0 Å². The van der Waals surface area contributed by atoms with Gasteiger partial charge in [-0.3, -0.25) is 0 Å². The second-order valence-corrected chi connectivity index (χ2v) is 7.87. The molecule has 5 nitrogen and oxygen atoms in total. The van der Waals surface area contributed by atoms with Gasteiger partial charge < -0.3 is 5.73 Å². The number of pyridine rings is 1. The van der Waals surface area contributed by atoms with E-state index in [1.165, 1.54) is 21.2 Å². The van der Waals surface area contributed by atoms with Crippen LogP contribution in [0.25, 0.3) is 43.2 Å². The molecule has 0 unspecified atom stereocenters. The number of hydrazone groups is 1. The van der Waals surface area contributed by atoms with E-state index in [-0.39, 0.29) is 5.84 Å². The molecule has 0 aliphatic heterocycles. The molecule has 6 heteroatoms. The molecule has 0 saturated carbocycles. The first kappa shape index (κ1) is 18.3. The van der Waals surface area contributed by atoms with Gasteiger partial charge in [0.15, 0.2) is 5.84 Å². The van der Waals surface area contributed by atoms with Crippen LogP contribution in [0.3, 0.4) is 0 Å². The summed E-state index contributed by atoms with van der Waals surface area (Å²) in [5.41, 5.74) is 13.1. The van der Waals surface area contributed by atoms with Crippen molar-refractivity contribution in [3.05, 3.63) is 89.9 Å². The smallest absolute Gasteiger partial charge is 0.170 e. The number of rotatable bonds is 4. The molecule has 0 saturated heterocycles. The van der Waals surface area contributed by atoms with Crippen LogP contribution in [0.15, 0.2) is 89.3 Å². The van der Waals surface area contributed by atoms with Gasteiger partial charge in [0.1, 0.15) is 5.69 Å². The van der Waals surface area contributed by atoms with E-state index in [0.29, 0.717) is 5.69 Å². The molecule has 0 amide bonds. The first-order valence-corrected chi connectivity index (χ1v) is 10.4. The van der Waals surface area contributed by atoms with Gasteiger partial charge in [0, 0.05) is 15.8 Å². The van der Waals surface area contributed by atoms with Crippen molar-refractivity contribution in [1.29, 1.82) is 0 Å². The molecule has 5 N–H and O–H groups in total. The fourth-order valence-corrected chi connectivity index (χ4v) is 4.47. The number of fused-ring (bicyclic) bond motifs is 2. The van der Waals surface area contributed by atoms with E-state index in [0.717, 1.165) is 22.0 Å². The molecule has 146 valence electrons. The Morgan fingerprint density at radius 2 is 1.73 bits per heavy atom. The lowest BCUT2D eigenvalue weighted by atomic mass is 9.94. The maximum absolute atomic E-state index is 6.03. The Morgan fingerprint density at radius 1 is 0.867 bits per heavy atom. The maximum atomic E-state index is 6.03. The first-order valence-electron chi connectivity index (χ1n) is 9.50. The van der Waals surface area contributed by atoms with Crippen LogP contribution in [0.2, 0.25) is 0 Å². The summed E-state index contributed by atoms with van der Waals surface area (Å²) in [6.45, 7) is 0. The third-order valence-electron chi connectivity index (χ3n) is 5.13. The standard InChI is InChI=1S/C24H19N5S/c25-24(28-29-26)21-11-10-16-13-17(22-9-4-12-30-22)14-20(23(16)27-21)19-8-3-6-15-5-1-2-7-18(15)19/h1-14,29H,26H2,(H2,25,28). The van der Waals surface area contributed by atoms with Gasteiger partial charge in [0.25, 0.3) is 0 Å². The van der Waals surface area contributed by atoms with Gasteiger partial charge in [-0.25, -0.2) is 16.4 Å². The van der Waals surface area contributed by atoms with Crippen molar-refractivity contribution >= 4 is 38.8 Å². The molecular weight excluding hydrogens is 390 g/mol. The second-order valence-electron chi connectivity index (χ2n) is 6.92. The average Bonchev–Trinajstić information content (AvgIpc) is 3.33. The van der Waals surface area contributed by atoms with Crippen LogP contribution in [0.1, 0.15) is 5.69 Å². The van der Waals surface area contributed by atoms with Crippen molar-refractivity contribution in [1.82, 2.24) is 10.5 Å². The zero-order valence-corrected chi connectivity index (χ0v) is 16.9. The van der Waals surface area contributed by atoms with Crippen LogP contribution in [-0.2, 0) is 0 Å². The van der Waals surface area contributed by atoms with Crippen molar-refractivity contribution in [2.24, 2.45) is 16.7 Å². The van der Waals surface area contributed by atoms with Gasteiger partial charge >= 0.3 is 0 Å². The van der Waals surface area contributed by atoms with Gasteiger partial charge in [0.2, 0.25) is 0 Å². The summed E-state index contributed by atoms with van der Waals surface area (Å²) in [6.07, 6.45) is 0. The van der Waals surface area contributed by atoms with E-state index in [9.17, 15) is 0 Å². The Bertz CT molecular complexity index is 1380. The summed E-state index contributed by atoms with van der Waals surface area (Å²) >= 11 is 1.73. The summed E-state index contributed by atoms with van der Waals surface area (Å²) in [6, 6.07) is 27.2. The Balaban J connectivity index is 1.85. The zero-order valence-electron chi connectivity index (χ0n) is 16.0. The summed E-state index contributed by atoms with van der Waals surface area (Å²) in [5, 5.41) is 9.38. The molecule has 30 heavy (non-hydrogen) atoms. The third-order valence-corrected chi connectivity index (χ3v) is 6.04. The first-order chi connectivity index (χ1) is 14.7. The molecule has 0 aliphatic carbocycles. The molecule has 3 aromatic carbocycles. The number of nitrogens with two attached hydrogens (primary N) is 2. The van der Waals surface area contributed by atoms with Crippen molar-refractivity contribution < 1.29 is 0 Å². The van der Waals surface area contributed by atoms with E-state index in [1.54, 1.807) is 11.3 Å². The third kappa shape index (κ3) is 3.18. The van der Waals surface area contributed by atoms with Crippen LogP contribution >= 0.6 is 11.3 Å². The molecule has 2 aromatic heterocycles. The fourth-order valence-electron chi connectivity index (χ4n) is 3.76. The molecule has 0 aliphatic rings. The van der Waals surface area contributed by atoms with E-state index < -0.39 is 0 Å². The molecule has 2 heterocycles. The van der Waals surface area contributed by atoms with Gasteiger partial charge in [0.05, 0.1) is 5.52 Å². The molecule has 5 rings (SSSR count). The number of aromatic nitrogens is 1. The van der Waals surface area contributed by atoms with Crippen LogP contribution < -0.4 is 17.1 Å². The Morgan fingerprint density at radius 3 is 2.57 bits per heavy atom. The second kappa shape index (κ2) is 7.59. The quantitative estimate of drug-likeness (QED) is 0.171. The van der Waals surface area contributed by atoms with Crippen molar-refractivity contribution in [3.8, 4) is 21.6 Å². The van der Waals surface area contributed by atoms with Crippen LogP contribution in [0, 0.1) is 0 Å². The predicted molar refractivity (Wildman–Crippen MR) is 126 cm³/mol. The number of hydrazine groups is 1. The lowest BCUT2D eigenvalue weighted by Gasteiger charge is -2.13. The number of hydrogen-bond acceptors (Lipinski definition) is 5. The maximum Gasteiger partial charge on any atom is 0.170 e. The van der Waals surface area contributed by atoms with Crippen molar-refractivity contribution in [2.75, 3.05) is 0 Å². The van der Waals surface area contributed by atoms with Gasteiger partial charge in [-0.1, -0.05) is 54.6 Å². The number of nitrogens with one attached hydrogen (secondary N) is 1. The number of thiophene rings is 1. The monoisotopic (exact) mass is 409 g/mol. The fraction of sp³-hybridized carbons (Fsp3) is 0. The van der Waals surface area contributed by atoms with Crippen molar-refractivity contribution in [2.45, 2.75) is 0 Å². The SMILES string of the molecule is NN/N=C(\N)c1ccc2cc(-c3cccs3)cc(-c3cccc4ccccc34)c2n1. The molecule has 0 spiro atoms. The highest BCUT2D eigenvalue weighted by molar-refractivity contribution is 7.13. The van der Waals surface area contributed by atoms with E-state index in [1.807, 2.05) is 12.1 Å². The highest BCUT2D eigenvalue weighted by atomic mass is 32.1. The largest absolute Gasteiger partial charge is 0.380 e. The number of amidine groups is 1. The Hall–Kier alpha value is -3.74. The Kier molecular flexibility index (Phi) is 4.63. The predicted octanol–water partition coefficient (Wildman–Crippen LogP) is 4.87. The lowest BCUT2D eigenvalue weighted by molar-refractivity contribution is 0.803. The highest BCUT2D eigenvalue weighted by Crippen LogP contribution is 2.37. The summed E-state index contributed by atoms with van der Waals surface area (Å²) in [4.78, 5) is 6.07. The molecule has 0 bridgehead atoms. The highest BCUT2D eigenvalue weighted by Gasteiger charge is 2.14. The molecule has 5 aromatic rings. The average molecular weight is 410 g/mol. The van der Waals surface area contributed by atoms with Crippen LogP contribution in [0.4, 0.5) is 0 Å². The zero-order chi connectivity index (χ0) is 20.5. The van der Waals surface area contributed by atoms with Crippen LogP contribution in [-0.4, -0.2) is 10.8 Å². The number of hydrogen-bond donors (Lipinski definition) is 3. The van der Waals surface area contributed by atoms with Gasteiger partial charge in [-0.05, 0) is 51.5 Å². The van der Waals surface area contributed by atoms with E-state index >= 15 is 0 Å². The minimum absolute atomic E-state index is 0.241. The van der Waals surface area contributed by atoms with Gasteiger partial charge in [-0.2, -0.15) is 0 Å². The number of benzene rings is 3. The molecule has 0 radical (unpaired) electrons. The summed E-state index contributed by atoms with van der Waals surface area (Å²) in [5.74, 6) is 5.53. The van der Waals surface area contributed by atoms with Gasteiger partial charge in [-0.15, -0.1) is 16.4 Å². The number of nitrogens with zero attached hydrogens (tertiary/aromatic N) is 2. The minimum Gasteiger partial charge on any atom is -0.380 e. The Labute approximate surface area is 177 Å². The lowest BCUT2D eigenvalue weighted by Crippen LogP contribution is -2.23. The van der Waals surface area contributed by atoms with E-state index in [2.05, 4.69) is 82.7 Å². The summed E-state index contributed by atoms with van der Waals surface area (Å²) < 4.78 is 0.